The number of hydrogen-bond donors (Lipinski definition) is 0. The summed E-state index contributed by atoms with van der Waals surface area (Å²) in [7, 11) is 1.62. The first-order chi connectivity index (χ1) is 21.5. The lowest BCUT2D eigenvalue weighted by atomic mass is 9.62. The number of carbonyl (C=O) groups is 3. The van der Waals surface area contributed by atoms with Crippen LogP contribution in [0.2, 0.25) is 0 Å². The number of esters is 1. The van der Waals surface area contributed by atoms with E-state index in [4.69, 9.17) is 9.47 Å². The van der Waals surface area contributed by atoms with Crippen molar-refractivity contribution in [2.75, 3.05) is 25.2 Å². The molecule has 7 nitrogen and oxygen atoms in total. The number of methoxy groups -OCH3 is 1. The molecule has 1 unspecified atom stereocenters. The summed E-state index contributed by atoms with van der Waals surface area (Å²) >= 11 is 0. The predicted molar refractivity (Wildman–Crippen MR) is 167 cm³/mol. The maximum Gasteiger partial charge on any atom is 0.312 e. The number of rotatable bonds is 6. The summed E-state index contributed by atoms with van der Waals surface area (Å²) in [5.41, 5.74) is 2.16. The molecule has 1 spiro atoms. The van der Waals surface area contributed by atoms with Gasteiger partial charge in [-0.3, -0.25) is 19.3 Å². The molecule has 0 radical (unpaired) electrons. The van der Waals surface area contributed by atoms with Crippen molar-refractivity contribution in [3.8, 4) is 5.75 Å². The molecular weight excluding hydrogens is 552 g/mol. The van der Waals surface area contributed by atoms with E-state index in [1.807, 2.05) is 103 Å². The average molecular weight is 587 g/mol. The van der Waals surface area contributed by atoms with Crippen molar-refractivity contribution in [3.05, 3.63) is 108 Å². The Morgan fingerprint density at radius 2 is 1.66 bits per heavy atom. The van der Waals surface area contributed by atoms with Crippen LogP contribution < -0.4 is 9.64 Å². The summed E-state index contributed by atoms with van der Waals surface area (Å²) in [6.45, 7) is 2.77. The van der Waals surface area contributed by atoms with Gasteiger partial charge in [0.25, 0.3) is 0 Å². The van der Waals surface area contributed by atoms with E-state index in [-0.39, 0.29) is 36.4 Å². The van der Waals surface area contributed by atoms with E-state index < -0.39 is 23.3 Å². The monoisotopic (exact) mass is 586 g/mol. The molecule has 4 aromatic rings. The van der Waals surface area contributed by atoms with Gasteiger partial charge < -0.3 is 14.4 Å². The second-order valence-corrected chi connectivity index (χ2v) is 12.3. The fourth-order valence-electron chi connectivity index (χ4n) is 9.02. The van der Waals surface area contributed by atoms with Crippen molar-refractivity contribution < 1.29 is 23.9 Å². The second-order valence-electron chi connectivity index (χ2n) is 12.3. The number of carbonyl (C=O) groups excluding carboxylic acids is 3. The quantitative estimate of drug-likeness (QED) is 0.219. The molecule has 0 aromatic heterocycles. The van der Waals surface area contributed by atoms with E-state index >= 15 is 0 Å². The zero-order valence-electron chi connectivity index (χ0n) is 24.8. The van der Waals surface area contributed by atoms with Gasteiger partial charge in [-0.25, -0.2) is 0 Å². The fourth-order valence-corrected chi connectivity index (χ4v) is 9.02. The first-order valence-electron chi connectivity index (χ1n) is 15.5. The largest absolute Gasteiger partial charge is 0.497 e. The fraction of sp³-hybridized carbons (Fsp3) is 0.324. The number of fused-ring (bicyclic) bond motifs is 3. The van der Waals surface area contributed by atoms with Crippen LogP contribution in [0.15, 0.2) is 91.0 Å². The summed E-state index contributed by atoms with van der Waals surface area (Å²) < 4.78 is 11.3. The van der Waals surface area contributed by atoms with Crippen LogP contribution in [-0.2, 0) is 19.7 Å². The Hall–Kier alpha value is -4.49. The first kappa shape index (κ1) is 27.1. The summed E-state index contributed by atoms with van der Waals surface area (Å²) in [6.07, 6.45) is 1.71. The minimum atomic E-state index is -1.10. The number of Topliss-reactive ketones (excluding diaryl/α,β-unsaturated/α-hetero) is 1. The molecule has 6 atom stereocenters. The van der Waals surface area contributed by atoms with E-state index in [1.54, 1.807) is 7.11 Å². The van der Waals surface area contributed by atoms with E-state index in [2.05, 4.69) is 4.90 Å². The van der Waals surface area contributed by atoms with E-state index in [1.165, 1.54) is 0 Å². The molecule has 4 aromatic carbocycles. The molecule has 3 heterocycles. The lowest BCUT2D eigenvalue weighted by molar-refractivity contribution is -0.151. The predicted octanol–water partition coefficient (Wildman–Crippen LogP) is 5.51. The SMILES string of the molecule is CCOC(=O)[C@@H]1[C@@H]([C@H]2[C@@H](c3ccccc3)C(=O)N2c2ccc(OC)cc2)N2CCCC2[C@@]12C(=O)c1cccc3cccc2c13. The standard InChI is InChI=1S/C37H34N2O5/c1-3-44-36(42)31-33(32-30(23-10-5-4-6-11-23)35(41)39(32)24-17-19-25(43-2)20-18-24)38-21-9-16-28(38)37(31)27-15-8-13-22-12-7-14-26(29(22)27)34(37)40/h4-8,10-15,17-20,28,30-33H,3,9,16,21H2,1-2H3/t28?,30-,31+,32-,33+,37-/m1/s1. The molecule has 7 heteroatoms. The summed E-state index contributed by atoms with van der Waals surface area (Å²) in [5, 5.41) is 1.94. The first-order valence-corrected chi connectivity index (χ1v) is 15.5. The van der Waals surface area contributed by atoms with Crippen LogP contribution >= 0.6 is 0 Å². The van der Waals surface area contributed by atoms with E-state index in [0.29, 0.717) is 11.3 Å². The van der Waals surface area contributed by atoms with Crippen LogP contribution in [0.25, 0.3) is 10.8 Å². The van der Waals surface area contributed by atoms with Gasteiger partial charge in [-0.05, 0) is 72.5 Å². The third-order valence-corrected chi connectivity index (χ3v) is 10.5. The molecule has 8 rings (SSSR count). The van der Waals surface area contributed by atoms with Gasteiger partial charge in [0.05, 0.1) is 37.0 Å². The molecule has 1 aliphatic carbocycles. The number of ketones is 1. The van der Waals surface area contributed by atoms with Crippen molar-refractivity contribution in [2.24, 2.45) is 5.92 Å². The van der Waals surface area contributed by atoms with Crippen molar-refractivity contribution >= 4 is 34.1 Å². The molecule has 0 N–H and O–H groups in total. The van der Waals surface area contributed by atoms with Gasteiger partial charge in [0.2, 0.25) is 5.91 Å². The molecule has 0 saturated carbocycles. The smallest absolute Gasteiger partial charge is 0.312 e. The van der Waals surface area contributed by atoms with Crippen molar-refractivity contribution in [1.29, 1.82) is 0 Å². The van der Waals surface area contributed by atoms with Gasteiger partial charge in [0.15, 0.2) is 5.78 Å². The number of amides is 1. The lowest BCUT2D eigenvalue weighted by Gasteiger charge is -2.53. The summed E-state index contributed by atoms with van der Waals surface area (Å²) in [5.74, 6) is -0.946. The van der Waals surface area contributed by atoms with Crippen molar-refractivity contribution in [1.82, 2.24) is 4.90 Å². The van der Waals surface area contributed by atoms with Crippen molar-refractivity contribution in [3.63, 3.8) is 0 Å². The van der Waals surface area contributed by atoms with Crippen LogP contribution in [0, 0.1) is 5.92 Å². The van der Waals surface area contributed by atoms with Crippen LogP contribution in [0.3, 0.4) is 0 Å². The summed E-state index contributed by atoms with van der Waals surface area (Å²) in [4.78, 5) is 47.8. The zero-order chi connectivity index (χ0) is 30.2. The van der Waals surface area contributed by atoms with Crippen LogP contribution in [0.4, 0.5) is 5.69 Å². The Morgan fingerprint density at radius 3 is 2.39 bits per heavy atom. The maximum atomic E-state index is 14.9. The number of nitrogens with zero attached hydrogens (tertiary/aromatic N) is 2. The lowest BCUT2D eigenvalue weighted by Crippen LogP contribution is -2.68. The average Bonchev–Trinajstić information content (AvgIpc) is 3.71. The molecule has 4 aliphatic rings. The number of hydrogen-bond acceptors (Lipinski definition) is 6. The minimum Gasteiger partial charge on any atom is -0.497 e. The third-order valence-electron chi connectivity index (χ3n) is 10.5. The highest BCUT2D eigenvalue weighted by atomic mass is 16.5. The van der Waals surface area contributed by atoms with Gasteiger partial charge in [-0.1, -0.05) is 66.7 Å². The van der Waals surface area contributed by atoms with Gasteiger partial charge in [0.1, 0.15) is 5.75 Å². The topological polar surface area (TPSA) is 76.2 Å². The van der Waals surface area contributed by atoms with Gasteiger partial charge in [-0.2, -0.15) is 0 Å². The van der Waals surface area contributed by atoms with E-state index in [9.17, 15) is 14.4 Å². The van der Waals surface area contributed by atoms with Gasteiger partial charge in [0, 0.05) is 23.3 Å². The second kappa shape index (κ2) is 10.0. The number of ether oxygens (including phenoxy) is 2. The molecule has 44 heavy (non-hydrogen) atoms. The minimum absolute atomic E-state index is 0.000313. The van der Waals surface area contributed by atoms with Crippen LogP contribution in [0.5, 0.6) is 5.75 Å². The number of anilines is 1. The molecule has 222 valence electrons. The summed E-state index contributed by atoms with van der Waals surface area (Å²) in [6, 6.07) is 28.3. The normalized spacial score (nSPS) is 28.9. The highest BCUT2D eigenvalue weighted by Gasteiger charge is 2.73. The highest BCUT2D eigenvalue weighted by molar-refractivity contribution is 6.22. The molecule has 0 bridgehead atoms. The van der Waals surface area contributed by atoms with Crippen LogP contribution in [0.1, 0.15) is 47.2 Å². The molecule has 3 aliphatic heterocycles. The Labute approximate surface area is 256 Å². The highest BCUT2D eigenvalue weighted by Crippen LogP contribution is 2.61. The van der Waals surface area contributed by atoms with Gasteiger partial charge in [-0.15, -0.1) is 0 Å². The van der Waals surface area contributed by atoms with E-state index in [0.717, 1.165) is 47.0 Å². The number of benzene rings is 4. The molecule has 3 fully saturated rings. The number of β-lactam (4-membered cyclic amide) rings is 1. The zero-order valence-corrected chi connectivity index (χ0v) is 24.8. The molecule has 3 saturated heterocycles. The third kappa shape index (κ3) is 3.44. The molecule has 1 amide bonds. The van der Waals surface area contributed by atoms with Crippen LogP contribution in [-0.4, -0.2) is 60.9 Å². The Bertz CT molecular complexity index is 1800. The Balaban J connectivity index is 1.35. The Morgan fingerprint density at radius 1 is 0.909 bits per heavy atom. The maximum absolute atomic E-state index is 14.9. The van der Waals surface area contributed by atoms with Gasteiger partial charge >= 0.3 is 5.97 Å². The molecular formula is C37H34N2O5. The van der Waals surface area contributed by atoms with Crippen molar-refractivity contribution in [2.45, 2.75) is 49.2 Å². The Kier molecular flexibility index (Phi) is 6.17.